The van der Waals surface area contributed by atoms with Gasteiger partial charge in [0.25, 0.3) is 0 Å². The molecule has 0 saturated carbocycles. The maximum absolute atomic E-state index is 11.3. The molecule has 0 aliphatic rings. The molecule has 0 aliphatic carbocycles. The zero-order chi connectivity index (χ0) is 15.5. The van der Waals surface area contributed by atoms with E-state index in [-0.39, 0.29) is 18.6 Å². The lowest BCUT2D eigenvalue weighted by Gasteiger charge is -2.26. The summed E-state index contributed by atoms with van der Waals surface area (Å²) in [4.78, 5) is 13.5. The number of carbonyl (C=O) groups excluding carboxylic acids is 1. The molecule has 0 amide bonds. The smallest absolute Gasteiger partial charge is 0.319 e. The Morgan fingerprint density at radius 2 is 2.14 bits per heavy atom. The van der Waals surface area contributed by atoms with Gasteiger partial charge in [0, 0.05) is 12.6 Å². The number of hydrogen-bond donors (Lipinski definition) is 1. The SMILES string of the molecule is C#CCN(C)[C@H](CNCC(=O)OCC)Cc1ccccc1. The Morgan fingerprint density at radius 1 is 1.43 bits per heavy atom. The van der Waals surface area contributed by atoms with E-state index in [1.807, 2.05) is 25.2 Å². The molecule has 0 radical (unpaired) electrons. The number of benzene rings is 1. The molecule has 0 spiro atoms. The number of carbonyl (C=O) groups is 1. The highest BCUT2D eigenvalue weighted by Gasteiger charge is 2.15. The third-order valence-corrected chi connectivity index (χ3v) is 3.23. The molecule has 0 unspecified atom stereocenters. The van der Waals surface area contributed by atoms with E-state index in [0.717, 1.165) is 6.42 Å². The molecule has 0 heterocycles. The maximum atomic E-state index is 11.3. The molecule has 0 aliphatic heterocycles. The third kappa shape index (κ3) is 6.94. The number of nitrogens with one attached hydrogen (secondary N) is 1. The Morgan fingerprint density at radius 3 is 2.76 bits per heavy atom. The molecule has 1 atom stereocenters. The zero-order valence-electron chi connectivity index (χ0n) is 12.8. The molecular formula is C17H24N2O2. The number of esters is 1. The average Bonchev–Trinajstić information content (AvgIpc) is 2.48. The van der Waals surface area contributed by atoms with Crippen LogP contribution in [-0.2, 0) is 16.0 Å². The van der Waals surface area contributed by atoms with Crippen LogP contribution in [0.3, 0.4) is 0 Å². The molecule has 0 aromatic heterocycles. The molecule has 1 aromatic rings. The minimum absolute atomic E-state index is 0.225. The quantitative estimate of drug-likeness (QED) is 0.549. The predicted octanol–water partition coefficient (Wildman–Crippen LogP) is 1.32. The van der Waals surface area contributed by atoms with Gasteiger partial charge in [-0.1, -0.05) is 36.3 Å². The molecule has 4 nitrogen and oxygen atoms in total. The molecule has 1 N–H and O–H groups in total. The van der Waals surface area contributed by atoms with E-state index in [4.69, 9.17) is 11.2 Å². The summed E-state index contributed by atoms with van der Waals surface area (Å²) in [7, 11) is 2.00. The lowest BCUT2D eigenvalue weighted by Crippen LogP contribution is -2.43. The van der Waals surface area contributed by atoms with Crippen LogP contribution in [0.2, 0.25) is 0 Å². The van der Waals surface area contributed by atoms with Crippen molar-refractivity contribution in [3.63, 3.8) is 0 Å². The van der Waals surface area contributed by atoms with Crippen LogP contribution in [0.15, 0.2) is 30.3 Å². The highest BCUT2D eigenvalue weighted by Crippen LogP contribution is 2.07. The van der Waals surface area contributed by atoms with Crippen molar-refractivity contribution in [2.24, 2.45) is 0 Å². The monoisotopic (exact) mass is 288 g/mol. The van der Waals surface area contributed by atoms with Gasteiger partial charge < -0.3 is 10.1 Å². The van der Waals surface area contributed by atoms with Crippen molar-refractivity contribution in [2.75, 3.05) is 33.3 Å². The fourth-order valence-corrected chi connectivity index (χ4v) is 2.10. The molecule has 21 heavy (non-hydrogen) atoms. The van der Waals surface area contributed by atoms with Gasteiger partial charge in [0.2, 0.25) is 0 Å². The first-order valence-electron chi connectivity index (χ1n) is 7.21. The van der Waals surface area contributed by atoms with Crippen molar-refractivity contribution in [3.8, 4) is 12.3 Å². The number of terminal acetylenes is 1. The van der Waals surface area contributed by atoms with Gasteiger partial charge in [0.15, 0.2) is 0 Å². The summed E-state index contributed by atoms with van der Waals surface area (Å²) in [5, 5.41) is 3.14. The van der Waals surface area contributed by atoms with Gasteiger partial charge in [-0.15, -0.1) is 6.42 Å². The molecule has 114 valence electrons. The van der Waals surface area contributed by atoms with Gasteiger partial charge in [0.1, 0.15) is 0 Å². The number of nitrogens with zero attached hydrogens (tertiary/aromatic N) is 1. The third-order valence-electron chi connectivity index (χ3n) is 3.23. The fraction of sp³-hybridized carbons (Fsp3) is 0.471. The standard InChI is InChI=1S/C17H24N2O2/c1-4-11-19(3)16(12-15-9-7-6-8-10-15)13-18-14-17(20)21-5-2/h1,6-10,16,18H,5,11-14H2,2-3H3/t16-/m0/s1. The zero-order valence-corrected chi connectivity index (χ0v) is 12.8. The second kappa shape index (κ2) is 9.98. The summed E-state index contributed by atoms with van der Waals surface area (Å²) in [5.74, 6) is 2.43. The summed E-state index contributed by atoms with van der Waals surface area (Å²) >= 11 is 0. The van der Waals surface area contributed by atoms with E-state index in [1.165, 1.54) is 5.56 Å². The highest BCUT2D eigenvalue weighted by atomic mass is 16.5. The highest BCUT2D eigenvalue weighted by molar-refractivity contribution is 5.71. The van der Waals surface area contributed by atoms with Crippen LogP contribution in [0.5, 0.6) is 0 Å². The number of ether oxygens (including phenoxy) is 1. The van der Waals surface area contributed by atoms with Crippen LogP contribution in [0.4, 0.5) is 0 Å². The Labute approximate surface area is 127 Å². The van der Waals surface area contributed by atoms with Crippen molar-refractivity contribution in [2.45, 2.75) is 19.4 Å². The first-order valence-corrected chi connectivity index (χ1v) is 7.21. The minimum Gasteiger partial charge on any atom is -0.465 e. The molecular weight excluding hydrogens is 264 g/mol. The van der Waals surface area contributed by atoms with Gasteiger partial charge in [-0.3, -0.25) is 9.69 Å². The van der Waals surface area contributed by atoms with Crippen molar-refractivity contribution in [1.82, 2.24) is 10.2 Å². The van der Waals surface area contributed by atoms with Gasteiger partial charge >= 0.3 is 5.97 Å². The lowest BCUT2D eigenvalue weighted by atomic mass is 10.0. The van der Waals surface area contributed by atoms with E-state index in [9.17, 15) is 4.79 Å². The number of rotatable bonds is 9. The Bertz CT molecular complexity index is 454. The van der Waals surface area contributed by atoms with Crippen LogP contribution in [0.25, 0.3) is 0 Å². The van der Waals surface area contributed by atoms with Crippen molar-refractivity contribution in [1.29, 1.82) is 0 Å². The van der Waals surface area contributed by atoms with Crippen LogP contribution in [0.1, 0.15) is 12.5 Å². The van der Waals surface area contributed by atoms with E-state index in [2.05, 4.69) is 28.3 Å². The number of hydrogen-bond acceptors (Lipinski definition) is 4. The van der Waals surface area contributed by atoms with Gasteiger partial charge in [-0.05, 0) is 26.0 Å². The van der Waals surface area contributed by atoms with E-state index in [1.54, 1.807) is 6.92 Å². The first-order chi connectivity index (χ1) is 10.2. The average molecular weight is 288 g/mol. The van der Waals surface area contributed by atoms with Crippen molar-refractivity contribution < 1.29 is 9.53 Å². The van der Waals surface area contributed by atoms with Crippen LogP contribution in [-0.4, -0.2) is 50.2 Å². The van der Waals surface area contributed by atoms with Gasteiger partial charge in [0.05, 0.1) is 19.7 Å². The summed E-state index contributed by atoms with van der Waals surface area (Å²) in [5.41, 5.74) is 1.25. The lowest BCUT2D eigenvalue weighted by molar-refractivity contribution is -0.142. The van der Waals surface area contributed by atoms with Gasteiger partial charge in [-0.25, -0.2) is 0 Å². The second-order valence-electron chi connectivity index (χ2n) is 4.90. The molecule has 1 aromatic carbocycles. The molecule has 0 fully saturated rings. The van der Waals surface area contributed by atoms with Crippen LogP contribution < -0.4 is 5.32 Å². The molecule has 4 heteroatoms. The predicted molar refractivity (Wildman–Crippen MR) is 84.9 cm³/mol. The fourth-order valence-electron chi connectivity index (χ4n) is 2.10. The molecule has 0 saturated heterocycles. The second-order valence-corrected chi connectivity index (χ2v) is 4.90. The Hall–Kier alpha value is -1.83. The maximum Gasteiger partial charge on any atom is 0.319 e. The van der Waals surface area contributed by atoms with E-state index >= 15 is 0 Å². The topological polar surface area (TPSA) is 41.6 Å². The summed E-state index contributed by atoms with van der Waals surface area (Å²) in [6.07, 6.45) is 6.27. The van der Waals surface area contributed by atoms with Crippen LogP contribution in [0, 0.1) is 12.3 Å². The number of likely N-dealkylation sites (N-methyl/N-ethyl adjacent to an activating group) is 1. The Kier molecular flexibility index (Phi) is 8.18. The largest absolute Gasteiger partial charge is 0.465 e. The summed E-state index contributed by atoms with van der Waals surface area (Å²) in [6, 6.07) is 10.5. The van der Waals surface area contributed by atoms with Crippen LogP contribution >= 0.6 is 0 Å². The summed E-state index contributed by atoms with van der Waals surface area (Å²) < 4.78 is 4.90. The van der Waals surface area contributed by atoms with Crippen molar-refractivity contribution >= 4 is 5.97 Å². The molecule has 1 rings (SSSR count). The van der Waals surface area contributed by atoms with Crippen molar-refractivity contribution in [3.05, 3.63) is 35.9 Å². The Balaban J connectivity index is 2.53. The van der Waals surface area contributed by atoms with E-state index in [0.29, 0.717) is 19.7 Å². The van der Waals surface area contributed by atoms with E-state index < -0.39 is 0 Å². The normalized spacial score (nSPS) is 11.9. The summed E-state index contributed by atoms with van der Waals surface area (Å²) in [6.45, 7) is 3.70. The minimum atomic E-state index is -0.226. The van der Waals surface area contributed by atoms with Gasteiger partial charge in [-0.2, -0.15) is 0 Å². The molecule has 0 bridgehead atoms. The first kappa shape index (κ1) is 17.2.